The van der Waals surface area contributed by atoms with Crippen LogP contribution in [0.1, 0.15) is 12.3 Å². The van der Waals surface area contributed by atoms with Gasteiger partial charge in [-0.25, -0.2) is 4.98 Å². The monoisotopic (exact) mass is 413 g/mol. The van der Waals surface area contributed by atoms with Gasteiger partial charge in [-0.05, 0) is 42.8 Å². The van der Waals surface area contributed by atoms with E-state index in [0.717, 1.165) is 10.2 Å². The number of anilines is 2. The van der Waals surface area contributed by atoms with Crippen molar-refractivity contribution in [2.75, 3.05) is 16.8 Å². The van der Waals surface area contributed by atoms with Gasteiger partial charge in [-0.1, -0.05) is 22.0 Å². The molecule has 1 aromatic heterocycles. The van der Waals surface area contributed by atoms with Crippen molar-refractivity contribution in [3.63, 3.8) is 0 Å². The molecular weight excluding hydrogens is 398 g/mol. The van der Waals surface area contributed by atoms with Crippen molar-refractivity contribution in [3.05, 3.63) is 52.8 Å². The SMILES string of the molecule is Cc1nc2cc(NC(=O)C3CCN(c4cccc(Br)c4)C3=O)ccc2o1. The van der Waals surface area contributed by atoms with Crippen LogP contribution in [0.15, 0.2) is 51.4 Å². The lowest BCUT2D eigenvalue weighted by Crippen LogP contribution is -2.33. The summed E-state index contributed by atoms with van der Waals surface area (Å²) in [5, 5.41) is 2.82. The van der Waals surface area contributed by atoms with Crippen molar-refractivity contribution < 1.29 is 14.0 Å². The van der Waals surface area contributed by atoms with E-state index in [1.165, 1.54) is 0 Å². The molecule has 1 saturated heterocycles. The zero-order valence-electron chi connectivity index (χ0n) is 14.0. The maximum Gasteiger partial charge on any atom is 0.239 e. The first-order valence-electron chi connectivity index (χ1n) is 8.26. The summed E-state index contributed by atoms with van der Waals surface area (Å²) in [5.41, 5.74) is 2.73. The summed E-state index contributed by atoms with van der Waals surface area (Å²) >= 11 is 3.41. The van der Waals surface area contributed by atoms with Crippen LogP contribution < -0.4 is 10.2 Å². The Morgan fingerprint density at radius 2 is 2.15 bits per heavy atom. The number of halogens is 1. The highest BCUT2D eigenvalue weighted by molar-refractivity contribution is 9.10. The molecule has 1 fully saturated rings. The maximum atomic E-state index is 12.7. The second-order valence-electron chi connectivity index (χ2n) is 6.22. The molecule has 6 nitrogen and oxygen atoms in total. The molecule has 0 radical (unpaired) electrons. The Balaban J connectivity index is 1.50. The summed E-state index contributed by atoms with van der Waals surface area (Å²) < 4.78 is 6.32. The van der Waals surface area contributed by atoms with Crippen LogP contribution in [0.25, 0.3) is 11.1 Å². The number of amides is 2. The van der Waals surface area contributed by atoms with Crippen LogP contribution in [-0.4, -0.2) is 23.3 Å². The number of fused-ring (bicyclic) bond motifs is 1. The third kappa shape index (κ3) is 3.10. The summed E-state index contributed by atoms with van der Waals surface area (Å²) in [5.74, 6) is -0.603. The molecule has 0 aliphatic carbocycles. The van der Waals surface area contributed by atoms with E-state index in [1.54, 1.807) is 30.0 Å². The first kappa shape index (κ1) is 16.8. The van der Waals surface area contributed by atoms with Gasteiger partial charge in [0, 0.05) is 29.3 Å². The Labute approximate surface area is 158 Å². The summed E-state index contributed by atoms with van der Waals surface area (Å²) in [4.78, 5) is 31.2. The van der Waals surface area contributed by atoms with Crippen molar-refractivity contribution in [2.24, 2.45) is 5.92 Å². The molecule has 132 valence electrons. The van der Waals surface area contributed by atoms with Crippen LogP contribution in [0, 0.1) is 12.8 Å². The molecule has 2 heterocycles. The molecule has 7 heteroatoms. The predicted octanol–water partition coefficient (Wildman–Crippen LogP) is 3.89. The summed E-state index contributed by atoms with van der Waals surface area (Å²) in [6, 6.07) is 12.8. The molecule has 2 amide bonds. The number of aryl methyl sites for hydroxylation is 1. The fourth-order valence-electron chi connectivity index (χ4n) is 3.17. The van der Waals surface area contributed by atoms with E-state index < -0.39 is 5.92 Å². The van der Waals surface area contributed by atoms with Crippen LogP contribution in [0.3, 0.4) is 0 Å². The Kier molecular flexibility index (Phi) is 4.24. The van der Waals surface area contributed by atoms with E-state index in [-0.39, 0.29) is 11.8 Å². The number of aromatic nitrogens is 1. The number of nitrogens with one attached hydrogen (secondary N) is 1. The fourth-order valence-corrected chi connectivity index (χ4v) is 3.56. The first-order valence-corrected chi connectivity index (χ1v) is 9.05. The van der Waals surface area contributed by atoms with E-state index in [9.17, 15) is 9.59 Å². The zero-order chi connectivity index (χ0) is 18.3. The van der Waals surface area contributed by atoms with E-state index in [4.69, 9.17) is 4.42 Å². The molecule has 2 aromatic carbocycles. The number of benzene rings is 2. The summed E-state index contributed by atoms with van der Waals surface area (Å²) in [7, 11) is 0. The van der Waals surface area contributed by atoms with E-state index in [1.807, 2.05) is 24.3 Å². The molecule has 26 heavy (non-hydrogen) atoms. The fraction of sp³-hybridized carbons (Fsp3) is 0.211. The standard InChI is InChI=1S/C19H16BrN3O3/c1-11-21-16-10-13(5-6-17(16)26-11)22-18(24)15-7-8-23(19(15)25)14-4-2-3-12(20)9-14/h2-6,9-10,15H,7-8H2,1H3,(H,22,24). The quantitative estimate of drug-likeness (QED) is 0.660. The lowest BCUT2D eigenvalue weighted by molar-refractivity contribution is -0.129. The van der Waals surface area contributed by atoms with Gasteiger partial charge < -0.3 is 14.6 Å². The number of rotatable bonds is 3. The Morgan fingerprint density at radius 3 is 2.96 bits per heavy atom. The molecule has 0 spiro atoms. The number of carbonyl (C=O) groups is 2. The van der Waals surface area contributed by atoms with Gasteiger partial charge in [0.1, 0.15) is 11.4 Å². The molecule has 1 unspecified atom stereocenters. The number of nitrogens with zero attached hydrogens (tertiary/aromatic N) is 2. The highest BCUT2D eigenvalue weighted by Crippen LogP contribution is 2.28. The molecule has 1 aliphatic heterocycles. The number of carbonyl (C=O) groups excluding carboxylic acids is 2. The van der Waals surface area contributed by atoms with Crippen molar-refractivity contribution in [2.45, 2.75) is 13.3 Å². The van der Waals surface area contributed by atoms with Crippen LogP contribution in [0.4, 0.5) is 11.4 Å². The van der Waals surface area contributed by atoms with Crippen LogP contribution in [0.2, 0.25) is 0 Å². The third-order valence-electron chi connectivity index (χ3n) is 4.40. The molecule has 0 saturated carbocycles. The van der Waals surface area contributed by atoms with Gasteiger partial charge in [0.25, 0.3) is 0 Å². The van der Waals surface area contributed by atoms with Crippen LogP contribution in [0.5, 0.6) is 0 Å². The van der Waals surface area contributed by atoms with Gasteiger partial charge >= 0.3 is 0 Å². The minimum atomic E-state index is -0.691. The zero-order valence-corrected chi connectivity index (χ0v) is 15.6. The largest absolute Gasteiger partial charge is 0.441 e. The molecule has 0 bridgehead atoms. The summed E-state index contributed by atoms with van der Waals surface area (Å²) in [6.07, 6.45) is 0.489. The highest BCUT2D eigenvalue weighted by atomic mass is 79.9. The normalized spacial score (nSPS) is 17.1. The summed E-state index contributed by atoms with van der Waals surface area (Å²) in [6.45, 7) is 2.29. The van der Waals surface area contributed by atoms with Gasteiger partial charge in [-0.15, -0.1) is 0 Å². The molecular formula is C19H16BrN3O3. The molecule has 4 rings (SSSR count). The second kappa shape index (κ2) is 6.57. The van der Waals surface area contributed by atoms with E-state index >= 15 is 0 Å². The molecule has 3 aromatic rings. The van der Waals surface area contributed by atoms with E-state index in [2.05, 4.69) is 26.2 Å². The second-order valence-corrected chi connectivity index (χ2v) is 7.13. The number of hydrogen-bond donors (Lipinski definition) is 1. The van der Waals surface area contributed by atoms with E-state index in [0.29, 0.717) is 35.6 Å². The smallest absolute Gasteiger partial charge is 0.239 e. The Hall–Kier alpha value is -2.67. The van der Waals surface area contributed by atoms with Gasteiger partial charge in [0.05, 0.1) is 0 Å². The van der Waals surface area contributed by atoms with Gasteiger partial charge in [-0.2, -0.15) is 0 Å². The lowest BCUT2D eigenvalue weighted by Gasteiger charge is -2.17. The van der Waals surface area contributed by atoms with Crippen LogP contribution in [-0.2, 0) is 9.59 Å². The van der Waals surface area contributed by atoms with Crippen molar-refractivity contribution in [1.82, 2.24) is 4.98 Å². The molecule has 1 N–H and O–H groups in total. The maximum absolute atomic E-state index is 12.7. The average Bonchev–Trinajstić information content (AvgIpc) is 3.16. The molecule has 1 aliphatic rings. The Morgan fingerprint density at radius 1 is 1.31 bits per heavy atom. The number of oxazole rings is 1. The lowest BCUT2D eigenvalue weighted by atomic mass is 10.1. The predicted molar refractivity (Wildman–Crippen MR) is 102 cm³/mol. The van der Waals surface area contributed by atoms with Gasteiger partial charge in [0.2, 0.25) is 11.8 Å². The van der Waals surface area contributed by atoms with Crippen molar-refractivity contribution in [3.8, 4) is 0 Å². The third-order valence-corrected chi connectivity index (χ3v) is 4.90. The topological polar surface area (TPSA) is 75.4 Å². The Bertz CT molecular complexity index is 1010. The minimum Gasteiger partial charge on any atom is -0.441 e. The highest BCUT2D eigenvalue weighted by Gasteiger charge is 2.37. The molecule has 1 atom stereocenters. The van der Waals surface area contributed by atoms with Gasteiger partial charge in [0.15, 0.2) is 11.5 Å². The van der Waals surface area contributed by atoms with Gasteiger partial charge in [-0.3, -0.25) is 9.59 Å². The van der Waals surface area contributed by atoms with Crippen molar-refractivity contribution >= 4 is 50.2 Å². The number of hydrogen-bond acceptors (Lipinski definition) is 4. The first-order chi connectivity index (χ1) is 12.5. The van der Waals surface area contributed by atoms with Crippen LogP contribution >= 0.6 is 15.9 Å². The van der Waals surface area contributed by atoms with Crippen molar-refractivity contribution in [1.29, 1.82) is 0 Å². The average molecular weight is 414 g/mol. The minimum absolute atomic E-state index is 0.182.